The minimum absolute atomic E-state index is 0.284. The second kappa shape index (κ2) is 8.18. The zero-order valence-corrected chi connectivity index (χ0v) is 16.4. The first-order chi connectivity index (χ1) is 11.3. The second-order valence-electron chi connectivity index (χ2n) is 5.73. The Balaban J connectivity index is 1.98. The third-order valence-corrected chi connectivity index (χ3v) is 5.68. The summed E-state index contributed by atoms with van der Waals surface area (Å²) in [6, 6.07) is 6.88. The maximum atomic E-state index is 12.5. The van der Waals surface area contributed by atoms with Crippen molar-refractivity contribution in [3.05, 3.63) is 29.3 Å². The quantitative estimate of drug-likeness (QED) is 0.543. The van der Waals surface area contributed by atoms with Crippen LogP contribution in [0.25, 0.3) is 0 Å². The average molecular weight is 386 g/mol. The monoisotopic (exact) mass is 385 g/mol. The summed E-state index contributed by atoms with van der Waals surface area (Å²) in [5.74, 6) is 0.290. The number of halogens is 1. The molecule has 8 heteroatoms. The summed E-state index contributed by atoms with van der Waals surface area (Å²) in [6.07, 6.45) is 1.05. The molecular weight excluding hydrogens is 366 g/mol. The van der Waals surface area contributed by atoms with Crippen LogP contribution in [0, 0.1) is 0 Å². The number of hydrogen-bond acceptors (Lipinski definition) is 6. The van der Waals surface area contributed by atoms with Crippen LogP contribution in [0.2, 0.25) is 5.02 Å². The van der Waals surface area contributed by atoms with Crippen LogP contribution in [0.5, 0.6) is 5.75 Å². The van der Waals surface area contributed by atoms with Crippen LogP contribution in [0.3, 0.4) is 0 Å². The number of carbonyl (C=O) groups excluding carboxylic acids is 1. The summed E-state index contributed by atoms with van der Waals surface area (Å²) in [5.41, 5.74) is -1.05. The van der Waals surface area contributed by atoms with E-state index in [-0.39, 0.29) is 5.91 Å². The van der Waals surface area contributed by atoms with E-state index in [2.05, 4.69) is 29.4 Å². The molecule has 1 aromatic heterocycles. The van der Waals surface area contributed by atoms with E-state index in [1.54, 1.807) is 49.9 Å². The van der Waals surface area contributed by atoms with Gasteiger partial charge in [0.15, 0.2) is 9.94 Å². The topological polar surface area (TPSA) is 64.1 Å². The smallest absolute Gasteiger partial charge is 0.269 e. The summed E-state index contributed by atoms with van der Waals surface area (Å²) in [6.45, 7) is 7.66. The fraction of sp³-hybridized carbons (Fsp3) is 0.438. The van der Waals surface area contributed by atoms with Crippen molar-refractivity contribution in [2.75, 3.05) is 5.32 Å². The van der Waals surface area contributed by atoms with Crippen LogP contribution in [-0.2, 0) is 4.79 Å². The molecule has 24 heavy (non-hydrogen) atoms. The molecule has 0 saturated carbocycles. The number of aromatic nitrogens is 2. The van der Waals surface area contributed by atoms with Crippen molar-refractivity contribution < 1.29 is 9.53 Å². The standard InChI is InChI=1S/C16H20ClN3O2S2/c1-5-10(2)23-15-20-19-14(24-15)18-13(21)16(3,4)22-12-8-6-11(17)7-9-12/h6-10H,5H2,1-4H3,(H,18,19,21). The van der Waals surface area contributed by atoms with Crippen LogP contribution in [0.15, 0.2) is 28.6 Å². The van der Waals surface area contributed by atoms with Gasteiger partial charge in [0, 0.05) is 10.3 Å². The molecule has 1 N–H and O–H groups in total. The molecule has 0 saturated heterocycles. The van der Waals surface area contributed by atoms with Gasteiger partial charge in [-0.2, -0.15) is 0 Å². The first-order valence-electron chi connectivity index (χ1n) is 7.56. The summed E-state index contributed by atoms with van der Waals surface area (Å²) < 4.78 is 6.60. The Morgan fingerprint density at radius 1 is 1.38 bits per heavy atom. The number of hydrogen-bond donors (Lipinski definition) is 1. The van der Waals surface area contributed by atoms with E-state index in [0.717, 1.165) is 10.8 Å². The first-order valence-corrected chi connectivity index (χ1v) is 9.63. The molecule has 0 radical (unpaired) electrons. The lowest BCUT2D eigenvalue weighted by Gasteiger charge is -2.24. The Kier molecular flexibility index (Phi) is 6.48. The van der Waals surface area contributed by atoms with Crippen LogP contribution < -0.4 is 10.1 Å². The lowest BCUT2D eigenvalue weighted by molar-refractivity contribution is -0.128. The van der Waals surface area contributed by atoms with Crippen molar-refractivity contribution in [1.29, 1.82) is 0 Å². The molecule has 1 unspecified atom stereocenters. The van der Waals surface area contributed by atoms with Crippen LogP contribution >= 0.6 is 34.7 Å². The van der Waals surface area contributed by atoms with Gasteiger partial charge in [-0.05, 0) is 44.5 Å². The molecule has 1 atom stereocenters. The van der Waals surface area contributed by atoms with E-state index in [1.807, 2.05) is 0 Å². The number of carbonyl (C=O) groups is 1. The Labute approximate surface area is 155 Å². The number of ether oxygens (including phenoxy) is 1. The van der Waals surface area contributed by atoms with Crippen molar-refractivity contribution in [3.8, 4) is 5.75 Å². The molecule has 0 spiro atoms. The average Bonchev–Trinajstić information content (AvgIpc) is 2.96. The predicted molar refractivity (Wildman–Crippen MR) is 100 cm³/mol. The number of amides is 1. The molecule has 1 amide bonds. The lowest BCUT2D eigenvalue weighted by Crippen LogP contribution is -2.42. The molecule has 0 aliphatic rings. The minimum atomic E-state index is -1.05. The second-order valence-corrected chi connectivity index (χ2v) is 8.83. The van der Waals surface area contributed by atoms with E-state index in [9.17, 15) is 4.79 Å². The molecule has 0 aliphatic carbocycles. The molecule has 0 bridgehead atoms. The van der Waals surface area contributed by atoms with Gasteiger partial charge >= 0.3 is 0 Å². The fourth-order valence-electron chi connectivity index (χ4n) is 1.65. The van der Waals surface area contributed by atoms with Gasteiger partial charge in [0.05, 0.1) is 0 Å². The number of benzene rings is 1. The fourth-order valence-corrected chi connectivity index (χ4v) is 3.77. The van der Waals surface area contributed by atoms with Gasteiger partial charge in [-0.25, -0.2) is 0 Å². The normalized spacial score (nSPS) is 12.7. The van der Waals surface area contributed by atoms with E-state index < -0.39 is 5.60 Å². The van der Waals surface area contributed by atoms with Gasteiger partial charge in [-0.1, -0.05) is 48.5 Å². The maximum absolute atomic E-state index is 12.5. The van der Waals surface area contributed by atoms with E-state index in [1.165, 1.54) is 11.3 Å². The number of nitrogens with zero attached hydrogens (tertiary/aromatic N) is 2. The largest absolute Gasteiger partial charge is 0.478 e. The molecule has 2 rings (SSSR count). The zero-order chi connectivity index (χ0) is 17.7. The molecule has 0 aliphatic heterocycles. The third kappa shape index (κ3) is 5.36. The molecule has 130 valence electrons. The molecule has 0 fully saturated rings. The summed E-state index contributed by atoms with van der Waals surface area (Å²) >= 11 is 8.87. The van der Waals surface area contributed by atoms with Gasteiger partial charge in [0.25, 0.3) is 5.91 Å². The Morgan fingerprint density at radius 2 is 2.04 bits per heavy atom. The zero-order valence-electron chi connectivity index (χ0n) is 14.0. The van der Waals surface area contributed by atoms with Crippen molar-refractivity contribution in [1.82, 2.24) is 10.2 Å². The van der Waals surface area contributed by atoms with Crippen LogP contribution in [0.1, 0.15) is 34.1 Å². The van der Waals surface area contributed by atoms with E-state index in [0.29, 0.717) is 21.2 Å². The summed E-state index contributed by atoms with van der Waals surface area (Å²) in [5, 5.41) is 12.4. The third-order valence-electron chi connectivity index (χ3n) is 3.24. The highest BCUT2D eigenvalue weighted by atomic mass is 35.5. The Bertz CT molecular complexity index is 689. The first kappa shape index (κ1) is 19.0. The Hall–Kier alpha value is -1.31. The molecular formula is C16H20ClN3O2S2. The molecule has 2 aromatic rings. The van der Waals surface area contributed by atoms with Gasteiger partial charge in [0.2, 0.25) is 5.13 Å². The van der Waals surface area contributed by atoms with Crippen LogP contribution in [0.4, 0.5) is 5.13 Å². The number of thioether (sulfide) groups is 1. The van der Waals surface area contributed by atoms with Gasteiger partial charge in [-0.15, -0.1) is 10.2 Å². The van der Waals surface area contributed by atoms with E-state index in [4.69, 9.17) is 16.3 Å². The molecule has 1 aromatic carbocycles. The highest BCUT2D eigenvalue weighted by molar-refractivity contribution is 8.01. The van der Waals surface area contributed by atoms with Crippen molar-refractivity contribution in [2.24, 2.45) is 0 Å². The highest BCUT2D eigenvalue weighted by Crippen LogP contribution is 2.30. The van der Waals surface area contributed by atoms with Crippen molar-refractivity contribution in [3.63, 3.8) is 0 Å². The number of nitrogens with one attached hydrogen (secondary N) is 1. The van der Waals surface area contributed by atoms with Crippen LogP contribution in [-0.4, -0.2) is 27.0 Å². The minimum Gasteiger partial charge on any atom is -0.478 e. The lowest BCUT2D eigenvalue weighted by atomic mass is 10.1. The molecule has 5 nitrogen and oxygen atoms in total. The predicted octanol–water partition coefficient (Wildman–Crippen LogP) is 4.88. The van der Waals surface area contributed by atoms with Gasteiger partial charge in [-0.3, -0.25) is 10.1 Å². The SMILES string of the molecule is CCC(C)Sc1nnc(NC(=O)C(C)(C)Oc2ccc(Cl)cc2)s1. The number of rotatable bonds is 7. The van der Waals surface area contributed by atoms with Crippen molar-refractivity contribution in [2.45, 2.75) is 49.3 Å². The molecule has 1 heterocycles. The summed E-state index contributed by atoms with van der Waals surface area (Å²) in [7, 11) is 0. The van der Waals surface area contributed by atoms with Gasteiger partial charge in [0.1, 0.15) is 5.75 Å². The Morgan fingerprint density at radius 3 is 2.67 bits per heavy atom. The van der Waals surface area contributed by atoms with E-state index >= 15 is 0 Å². The number of anilines is 1. The summed E-state index contributed by atoms with van der Waals surface area (Å²) in [4.78, 5) is 12.5. The highest BCUT2D eigenvalue weighted by Gasteiger charge is 2.31. The van der Waals surface area contributed by atoms with Crippen molar-refractivity contribution >= 4 is 45.7 Å². The maximum Gasteiger partial charge on any atom is 0.269 e. The van der Waals surface area contributed by atoms with Gasteiger partial charge < -0.3 is 4.74 Å².